The second kappa shape index (κ2) is 4.96. The number of aromatic amines is 1. The molecule has 1 aliphatic heterocycles. The Morgan fingerprint density at radius 1 is 1.24 bits per heavy atom. The molecule has 6 heteroatoms. The lowest BCUT2D eigenvalue weighted by Gasteiger charge is -2.15. The van der Waals surface area contributed by atoms with Gasteiger partial charge in [-0.3, -0.25) is 9.78 Å². The third-order valence-corrected chi connectivity index (χ3v) is 4.52. The van der Waals surface area contributed by atoms with E-state index in [4.69, 9.17) is 0 Å². The highest BCUT2D eigenvalue weighted by atomic mass is 32.1. The van der Waals surface area contributed by atoms with E-state index >= 15 is 0 Å². The van der Waals surface area contributed by atoms with E-state index in [2.05, 4.69) is 19.9 Å². The molecule has 0 saturated carbocycles. The molecule has 1 N–H and O–H groups in total. The molecule has 0 aromatic carbocycles. The van der Waals surface area contributed by atoms with Crippen LogP contribution in [0.2, 0.25) is 0 Å². The highest BCUT2D eigenvalue weighted by molar-refractivity contribution is 7.08. The molecule has 0 radical (unpaired) electrons. The minimum atomic E-state index is -0.115. The molecule has 1 fully saturated rings. The summed E-state index contributed by atoms with van der Waals surface area (Å²) in [4.78, 5) is 26.4. The summed E-state index contributed by atoms with van der Waals surface area (Å²) in [5.74, 6) is 0.639. The Hall–Kier alpha value is -2.21. The zero-order valence-electron chi connectivity index (χ0n) is 11.4. The second-order valence-corrected chi connectivity index (χ2v) is 5.93. The molecule has 0 bridgehead atoms. The number of nitrogens with one attached hydrogen (secondary N) is 1. The number of thiophene rings is 1. The molecular weight excluding hydrogens is 284 g/mol. The molecule has 1 saturated heterocycles. The summed E-state index contributed by atoms with van der Waals surface area (Å²) < 4.78 is 0. The highest BCUT2D eigenvalue weighted by Crippen LogP contribution is 2.27. The van der Waals surface area contributed by atoms with E-state index in [0.717, 1.165) is 37.1 Å². The van der Waals surface area contributed by atoms with Crippen molar-refractivity contribution in [3.8, 4) is 11.1 Å². The number of nitrogens with zero attached hydrogens (tertiary/aromatic N) is 3. The maximum Gasteiger partial charge on any atom is 0.262 e. The average Bonchev–Trinajstić information content (AvgIpc) is 3.20. The van der Waals surface area contributed by atoms with Crippen molar-refractivity contribution in [1.82, 2.24) is 15.0 Å². The Kier molecular flexibility index (Phi) is 2.96. The number of H-pyrrole nitrogens is 1. The number of fused-ring (bicyclic) bond motifs is 1. The number of aromatic nitrogens is 3. The van der Waals surface area contributed by atoms with Gasteiger partial charge in [-0.05, 0) is 41.3 Å². The summed E-state index contributed by atoms with van der Waals surface area (Å²) in [6, 6.07) is 3.88. The fourth-order valence-electron chi connectivity index (χ4n) is 2.79. The van der Waals surface area contributed by atoms with Crippen molar-refractivity contribution >= 4 is 28.3 Å². The van der Waals surface area contributed by atoms with E-state index in [1.54, 1.807) is 17.5 Å². The summed E-state index contributed by atoms with van der Waals surface area (Å²) in [7, 11) is 0. The van der Waals surface area contributed by atoms with Crippen LogP contribution in [0.1, 0.15) is 12.8 Å². The van der Waals surface area contributed by atoms with Gasteiger partial charge in [-0.2, -0.15) is 16.3 Å². The number of hydrogen-bond donors (Lipinski definition) is 1. The van der Waals surface area contributed by atoms with Crippen molar-refractivity contribution in [1.29, 1.82) is 0 Å². The summed E-state index contributed by atoms with van der Waals surface area (Å²) in [6.07, 6.45) is 4.00. The van der Waals surface area contributed by atoms with Crippen molar-refractivity contribution in [2.24, 2.45) is 0 Å². The van der Waals surface area contributed by atoms with Gasteiger partial charge in [0.05, 0.1) is 5.39 Å². The fourth-order valence-corrected chi connectivity index (χ4v) is 3.44. The predicted octanol–water partition coefficient (Wildman–Crippen LogP) is 2.65. The topological polar surface area (TPSA) is 61.9 Å². The minimum absolute atomic E-state index is 0.115. The normalized spacial score (nSPS) is 15.0. The van der Waals surface area contributed by atoms with Gasteiger partial charge in [-0.25, -0.2) is 4.98 Å². The molecule has 0 unspecified atom stereocenters. The highest BCUT2D eigenvalue weighted by Gasteiger charge is 2.17. The van der Waals surface area contributed by atoms with E-state index in [1.165, 1.54) is 0 Å². The molecule has 3 aromatic heterocycles. The van der Waals surface area contributed by atoms with Crippen molar-refractivity contribution < 1.29 is 0 Å². The first-order valence-electron chi connectivity index (χ1n) is 6.99. The van der Waals surface area contributed by atoms with Crippen LogP contribution in [0.4, 0.5) is 5.95 Å². The van der Waals surface area contributed by atoms with Crippen LogP contribution in [0.15, 0.2) is 33.9 Å². The number of anilines is 1. The van der Waals surface area contributed by atoms with E-state index in [0.29, 0.717) is 17.0 Å². The zero-order valence-corrected chi connectivity index (χ0v) is 12.2. The lowest BCUT2D eigenvalue weighted by molar-refractivity contribution is 0.897. The van der Waals surface area contributed by atoms with Crippen LogP contribution < -0.4 is 10.5 Å². The van der Waals surface area contributed by atoms with Crippen molar-refractivity contribution in [2.45, 2.75) is 12.8 Å². The van der Waals surface area contributed by atoms with Crippen LogP contribution in [0, 0.1) is 0 Å². The van der Waals surface area contributed by atoms with Gasteiger partial charge in [-0.1, -0.05) is 0 Å². The molecular formula is C15H14N4OS. The molecule has 106 valence electrons. The molecule has 0 spiro atoms. The maximum atomic E-state index is 12.5. The molecule has 3 aromatic rings. The Labute approximate surface area is 125 Å². The van der Waals surface area contributed by atoms with Gasteiger partial charge in [0, 0.05) is 24.8 Å². The van der Waals surface area contributed by atoms with Gasteiger partial charge in [-0.15, -0.1) is 0 Å². The van der Waals surface area contributed by atoms with Crippen LogP contribution >= 0.6 is 11.3 Å². The second-order valence-electron chi connectivity index (χ2n) is 5.15. The van der Waals surface area contributed by atoms with Crippen molar-refractivity contribution in [3.63, 3.8) is 0 Å². The van der Waals surface area contributed by atoms with Gasteiger partial charge in [0.2, 0.25) is 5.95 Å². The van der Waals surface area contributed by atoms with E-state index < -0.39 is 0 Å². The number of hydrogen-bond acceptors (Lipinski definition) is 5. The van der Waals surface area contributed by atoms with Crippen LogP contribution in [-0.2, 0) is 0 Å². The lowest BCUT2D eigenvalue weighted by atomic mass is 10.1. The molecule has 0 amide bonds. The first kappa shape index (κ1) is 12.5. The Balaban J connectivity index is 1.93. The van der Waals surface area contributed by atoms with E-state index in [1.807, 2.05) is 22.9 Å². The first-order chi connectivity index (χ1) is 10.3. The summed E-state index contributed by atoms with van der Waals surface area (Å²) in [6.45, 7) is 1.89. The smallest absolute Gasteiger partial charge is 0.262 e. The van der Waals surface area contributed by atoms with Gasteiger partial charge in [0.1, 0.15) is 0 Å². The standard InChI is InChI=1S/C15H14N4OS/c20-14-12-11(10-4-8-21-9-10)3-5-16-13(12)17-15(18-14)19-6-1-2-7-19/h3-5,8-9H,1-2,6-7H2,(H,16,17,18,20). The molecule has 5 nitrogen and oxygen atoms in total. The third kappa shape index (κ3) is 2.12. The predicted molar refractivity (Wildman–Crippen MR) is 84.9 cm³/mol. The van der Waals surface area contributed by atoms with Gasteiger partial charge < -0.3 is 4.90 Å². The first-order valence-corrected chi connectivity index (χ1v) is 7.94. The maximum absolute atomic E-state index is 12.5. The monoisotopic (exact) mass is 298 g/mol. The summed E-state index contributed by atoms with van der Waals surface area (Å²) >= 11 is 1.61. The Morgan fingerprint density at radius 2 is 2.10 bits per heavy atom. The Bertz CT molecular complexity index is 835. The Morgan fingerprint density at radius 3 is 2.86 bits per heavy atom. The number of pyridine rings is 1. The van der Waals surface area contributed by atoms with E-state index in [-0.39, 0.29) is 5.56 Å². The largest absolute Gasteiger partial charge is 0.342 e. The molecule has 4 heterocycles. The molecule has 4 rings (SSSR count). The third-order valence-electron chi connectivity index (χ3n) is 3.83. The average molecular weight is 298 g/mol. The lowest BCUT2D eigenvalue weighted by Crippen LogP contribution is -2.24. The molecule has 21 heavy (non-hydrogen) atoms. The van der Waals surface area contributed by atoms with Gasteiger partial charge in [0.15, 0.2) is 5.65 Å². The van der Waals surface area contributed by atoms with Crippen LogP contribution in [0.5, 0.6) is 0 Å². The SMILES string of the molecule is O=c1[nH]c(N2CCCC2)nc2nccc(-c3ccsc3)c12. The minimum Gasteiger partial charge on any atom is -0.342 e. The molecule has 1 aliphatic rings. The van der Waals surface area contributed by atoms with Gasteiger partial charge >= 0.3 is 0 Å². The van der Waals surface area contributed by atoms with Crippen LogP contribution in [-0.4, -0.2) is 28.0 Å². The van der Waals surface area contributed by atoms with E-state index in [9.17, 15) is 4.79 Å². The summed E-state index contributed by atoms with van der Waals surface area (Å²) in [5.41, 5.74) is 2.33. The molecule has 0 aliphatic carbocycles. The number of rotatable bonds is 2. The molecule has 0 atom stereocenters. The van der Waals surface area contributed by atoms with Crippen LogP contribution in [0.3, 0.4) is 0 Å². The quantitative estimate of drug-likeness (QED) is 0.790. The fraction of sp³-hybridized carbons (Fsp3) is 0.267. The van der Waals surface area contributed by atoms with Crippen molar-refractivity contribution in [3.05, 3.63) is 39.4 Å². The van der Waals surface area contributed by atoms with Gasteiger partial charge in [0.25, 0.3) is 5.56 Å². The van der Waals surface area contributed by atoms with Crippen molar-refractivity contribution in [2.75, 3.05) is 18.0 Å². The van der Waals surface area contributed by atoms with Crippen LogP contribution in [0.25, 0.3) is 22.2 Å². The summed E-state index contributed by atoms with van der Waals surface area (Å²) in [5, 5.41) is 4.60. The zero-order chi connectivity index (χ0) is 14.2.